The monoisotopic (exact) mass is 308 g/mol. The Labute approximate surface area is 138 Å². The van der Waals surface area contributed by atoms with Gasteiger partial charge in [-0.1, -0.05) is 48.5 Å². The average Bonchev–Trinajstić information content (AvgIpc) is 2.62. The summed E-state index contributed by atoms with van der Waals surface area (Å²) in [6.07, 6.45) is 1.22. The van der Waals surface area contributed by atoms with Crippen LogP contribution in [-0.4, -0.2) is 49.3 Å². The maximum absolute atomic E-state index is 6.37. The number of benzene rings is 2. The van der Waals surface area contributed by atoms with Crippen LogP contribution in [0.1, 0.15) is 23.5 Å². The van der Waals surface area contributed by atoms with Crippen molar-refractivity contribution in [2.75, 3.05) is 33.2 Å². The summed E-state index contributed by atoms with van der Waals surface area (Å²) in [7, 11) is 2.20. The zero-order valence-electron chi connectivity index (χ0n) is 13.7. The molecule has 0 spiro atoms. The highest BCUT2D eigenvalue weighted by Gasteiger charge is 2.33. The van der Waals surface area contributed by atoms with Crippen LogP contribution in [-0.2, 0) is 0 Å². The van der Waals surface area contributed by atoms with Crippen LogP contribution in [0.15, 0.2) is 54.6 Å². The van der Waals surface area contributed by atoms with Crippen LogP contribution in [0, 0.1) is 0 Å². The third kappa shape index (κ3) is 2.99. The van der Waals surface area contributed by atoms with Crippen molar-refractivity contribution in [1.29, 1.82) is 0 Å². The Bertz CT molecular complexity index is 650. The van der Waals surface area contributed by atoms with Crippen molar-refractivity contribution in [3.8, 4) is 5.75 Å². The van der Waals surface area contributed by atoms with Crippen LogP contribution in [0.2, 0.25) is 0 Å². The lowest BCUT2D eigenvalue weighted by molar-refractivity contribution is -0.0189. The van der Waals surface area contributed by atoms with Gasteiger partial charge in [-0.15, -0.1) is 0 Å². The number of rotatable bonds is 2. The first kappa shape index (κ1) is 14.7. The quantitative estimate of drug-likeness (QED) is 0.847. The van der Waals surface area contributed by atoms with Gasteiger partial charge in [0.15, 0.2) is 6.23 Å². The number of ether oxygens (including phenoxy) is 1. The first-order valence-electron chi connectivity index (χ1n) is 8.54. The van der Waals surface area contributed by atoms with E-state index in [2.05, 4.69) is 71.4 Å². The van der Waals surface area contributed by atoms with E-state index in [1.165, 1.54) is 11.1 Å². The van der Waals surface area contributed by atoms with E-state index in [1.54, 1.807) is 0 Å². The number of para-hydroxylation sites is 1. The number of likely N-dealkylation sites (N-methyl/N-ethyl adjacent to an activating group) is 1. The topological polar surface area (TPSA) is 15.7 Å². The molecule has 1 saturated heterocycles. The van der Waals surface area contributed by atoms with Gasteiger partial charge < -0.3 is 9.64 Å². The third-order valence-corrected chi connectivity index (χ3v) is 5.14. The molecule has 120 valence electrons. The molecule has 1 fully saturated rings. The highest BCUT2D eigenvalue weighted by molar-refractivity contribution is 5.43. The molecule has 2 atom stereocenters. The molecular formula is C20H24N2O. The molecule has 2 aromatic carbocycles. The summed E-state index contributed by atoms with van der Waals surface area (Å²) in [5.74, 6) is 1.47. The van der Waals surface area contributed by atoms with Crippen molar-refractivity contribution in [3.05, 3.63) is 65.7 Å². The Kier molecular flexibility index (Phi) is 4.06. The molecule has 2 aliphatic rings. The first-order chi connectivity index (χ1) is 11.3. The zero-order valence-corrected chi connectivity index (χ0v) is 13.7. The number of hydrogen-bond acceptors (Lipinski definition) is 3. The lowest BCUT2D eigenvalue weighted by atomic mass is 9.85. The SMILES string of the molecule is CN1CCN(C2CC(c3ccccc3)c3ccccc3O2)CC1. The fourth-order valence-electron chi connectivity index (χ4n) is 3.73. The Balaban J connectivity index is 1.63. The Morgan fingerprint density at radius 1 is 0.870 bits per heavy atom. The highest BCUT2D eigenvalue weighted by atomic mass is 16.5. The number of piperazine rings is 1. The molecule has 0 radical (unpaired) electrons. The summed E-state index contributed by atoms with van der Waals surface area (Å²) in [6, 6.07) is 19.4. The van der Waals surface area contributed by atoms with Crippen LogP contribution in [0.3, 0.4) is 0 Å². The van der Waals surface area contributed by atoms with Crippen molar-refractivity contribution in [1.82, 2.24) is 9.80 Å². The number of fused-ring (bicyclic) bond motifs is 1. The molecule has 0 N–H and O–H groups in total. The molecule has 0 aromatic heterocycles. The molecule has 0 amide bonds. The molecule has 0 aliphatic carbocycles. The van der Waals surface area contributed by atoms with Crippen molar-refractivity contribution in [2.24, 2.45) is 0 Å². The van der Waals surface area contributed by atoms with Gasteiger partial charge in [-0.05, 0) is 18.7 Å². The standard InChI is InChI=1S/C20H24N2O/c1-21-11-13-22(14-12-21)20-15-18(16-7-3-2-4-8-16)17-9-5-6-10-19(17)23-20/h2-10,18,20H,11-15H2,1H3. The van der Waals surface area contributed by atoms with Gasteiger partial charge in [-0.2, -0.15) is 0 Å². The van der Waals surface area contributed by atoms with Crippen LogP contribution >= 0.6 is 0 Å². The summed E-state index contributed by atoms with van der Waals surface area (Å²) in [5.41, 5.74) is 2.71. The molecule has 2 heterocycles. The van der Waals surface area contributed by atoms with Gasteiger partial charge in [0.25, 0.3) is 0 Å². The zero-order chi connectivity index (χ0) is 15.6. The normalized spacial score (nSPS) is 25.6. The molecular weight excluding hydrogens is 284 g/mol. The van der Waals surface area contributed by atoms with Gasteiger partial charge in [0.05, 0.1) is 0 Å². The lowest BCUT2D eigenvalue weighted by Crippen LogP contribution is -2.52. The fourth-order valence-corrected chi connectivity index (χ4v) is 3.73. The van der Waals surface area contributed by atoms with E-state index >= 15 is 0 Å². The van der Waals surface area contributed by atoms with Crippen LogP contribution in [0.25, 0.3) is 0 Å². The molecule has 2 unspecified atom stereocenters. The van der Waals surface area contributed by atoms with E-state index in [-0.39, 0.29) is 6.23 Å². The summed E-state index contributed by atoms with van der Waals surface area (Å²) in [4.78, 5) is 4.90. The minimum atomic E-state index is 0.184. The van der Waals surface area contributed by atoms with Crippen LogP contribution in [0.4, 0.5) is 0 Å². The predicted molar refractivity (Wildman–Crippen MR) is 92.8 cm³/mol. The number of hydrogen-bond donors (Lipinski definition) is 0. The average molecular weight is 308 g/mol. The van der Waals surface area contributed by atoms with Gasteiger partial charge in [0.1, 0.15) is 5.75 Å². The summed E-state index contributed by atoms with van der Waals surface area (Å²) < 4.78 is 6.37. The van der Waals surface area contributed by atoms with E-state index in [1.807, 2.05) is 0 Å². The smallest absolute Gasteiger partial charge is 0.153 e. The van der Waals surface area contributed by atoms with E-state index in [9.17, 15) is 0 Å². The number of nitrogens with zero attached hydrogens (tertiary/aromatic N) is 2. The fraction of sp³-hybridized carbons (Fsp3) is 0.400. The minimum Gasteiger partial charge on any atom is -0.475 e. The van der Waals surface area contributed by atoms with Crippen molar-refractivity contribution in [2.45, 2.75) is 18.6 Å². The van der Waals surface area contributed by atoms with E-state index in [0.717, 1.165) is 38.3 Å². The summed E-state index contributed by atoms with van der Waals surface area (Å²) in [5, 5.41) is 0. The first-order valence-corrected chi connectivity index (χ1v) is 8.54. The molecule has 23 heavy (non-hydrogen) atoms. The van der Waals surface area contributed by atoms with Gasteiger partial charge in [0, 0.05) is 44.1 Å². The van der Waals surface area contributed by atoms with Crippen LogP contribution < -0.4 is 4.74 Å². The maximum atomic E-state index is 6.37. The minimum absolute atomic E-state index is 0.184. The second kappa shape index (κ2) is 6.34. The van der Waals surface area contributed by atoms with E-state index in [4.69, 9.17) is 4.74 Å². The highest BCUT2D eigenvalue weighted by Crippen LogP contribution is 2.41. The lowest BCUT2D eigenvalue weighted by Gasteiger charge is -2.42. The summed E-state index contributed by atoms with van der Waals surface area (Å²) >= 11 is 0. The van der Waals surface area contributed by atoms with Crippen molar-refractivity contribution in [3.63, 3.8) is 0 Å². The van der Waals surface area contributed by atoms with Crippen LogP contribution in [0.5, 0.6) is 5.75 Å². The molecule has 3 heteroatoms. The molecule has 4 rings (SSSR count). The van der Waals surface area contributed by atoms with E-state index in [0.29, 0.717) is 5.92 Å². The molecule has 3 nitrogen and oxygen atoms in total. The molecule has 2 aromatic rings. The molecule has 0 saturated carbocycles. The summed E-state index contributed by atoms with van der Waals surface area (Å²) in [6.45, 7) is 4.42. The van der Waals surface area contributed by atoms with Crippen molar-refractivity contribution < 1.29 is 4.74 Å². The Hall–Kier alpha value is -1.84. The largest absolute Gasteiger partial charge is 0.475 e. The predicted octanol–water partition coefficient (Wildman–Crippen LogP) is 3.17. The van der Waals surface area contributed by atoms with Crippen molar-refractivity contribution >= 4 is 0 Å². The van der Waals surface area contributed by atoms with E-state index < -0.39 is 0 Å². The Morgan fingerprint density at radius 3 is 2.35 bits per heavy atom. The molecule has 0 bridgehead atoms. The second-order valence-electron chi connectivity index (χ2n) is 6.65. The maximum Gasteiger partial charge on any atom is 0.153 e. The third-order valence-electron chi connectivity index (χ3n) is 5.14. The van der Waals surface area contributed by atoms with Gasteiger partial charge in [0.2, 0.25) is 0 Å². The van der Waals surface area contributed by atoms with Gasteiger partial charge in [-0.3, -0.25) is 4.90 Å². The van der Waals surface area contributed by atoms with Gasteiger partial charge >= 0.3 is 0 Å². The molecule has 2 aliphatic heterocycles. The second-order valence-corrected chi connectivity index (χ2v) is 6.65. The Morgan fingerprint density at radius 2 is 1.57 bits per heavy atom. The van der Waals surface area contributed by atoms with Gasteiger partial charge in [-0.25, -0.2) is 0 Å².